The van der Waals surface area contributed by atoms with E-state index in [0.717, 1.165) is 5.56 Å². The lowest BCUT2D eigenvalue weighted by Gasteiger charge is -2.11. The molecule has 0 saturated heterocycles. The molecule has 20 heavy (non-hydrogen) atoms. The molecule has 6 nitrogen and oxygen atoms in total. The molecule has 0 aliphatic rings. The van der Waals surface area contributed by atoms with Gasteiger partial charge in [0.1, 0.15) is 10.7 Å². The van der Waals surface area contributed by atoms with Crippen molar-refractivity contribution in [1.82, 2.24) is 4.98 Å². The maximum Gasteiger partial charge on any atom is 0.265 e. The molecule has 0 saturated carbocycles. The average molecular weight is 296 g/mol. The van der Waals surface area contributed by atoms with Crippen LogP contribution in [0.25, 0.3) is 0 Å². The zero-order chi connectivity index (χ0) is 14.8. The Morgan fingerprint density at radius 2 is 2.05 bits per heavy atom. The van der Waals surface area contributed by atoms with Crippen LogP contribution in [0.3, 0.4) is 0 Å². The zero-order valence-corrected chi connectivity index (χ0v) is 11.4. The van der Waals surface area contributed by atoms with Gasteiger partial charge in [-0.15, -0.1) is 0 Å². The Bertz CT molecular complexity index is 734. The largest absolute Gasteiger partial charge is 0.307 e. The van der Waals surface area contributed by atoms with Gasteiger partial charge in [0.05, 0.1) is 5.69 Å². The molecule has 1 heterocycles. The molecule has 106 valence electrons. The lowest BCUT2D eigenvalue weighted by atomic mass is 10.2. The fraction of sp³-hybridized carbons (Fsp3) is 0.0833. The molecule has 2 rings (SSSR count). The molecule has 8 heteroatoms. The maximum absolute atomic E-state index is 13.6. The van der Waals surface area contributed by atoms with Gasteiger partial charge in [-0.05, 0) is 36.8 Å². The van der Waals surface area contributed by atoms with Crippen LogP contribution in [0.15, 0.2) is 41.4 Å². The van der Waals surface area contributed by atoms with Gasteiger partial charge < -0.3 is 5.43 Å². The molecule has 0 amide bonds. The van der Waals surface area contributed by atoms with Crippen molar-refractivity contribution in [2.75, 3.05) is 10.1 Å². The topological polar surface area (TPSA) is 97.1 Å². The van der Waals surface area contributed by atoms with Crippen molar-refractivity contribution in [3.8, 4) is 0 Å². The van der Waals surface area contributed by atoms with Crippen molar-refractivity contribution >= 4 is 21.5 Å². The zero-order valence-electron chi connectivity index (χ0n) is 10.6. The Kier molecular flexibility index (Phi) is 3.86. The normalized spacial score (nSPS) is 11.2. The first-order chi connectivity index (χ1) is 9.44. The van der Waals surface area contributed by atoms with Gasteiger partial charge in [0.15, 0.2) is 5.82 Å². The summed E-state index contributed by atoms with van der Waals surface area (Å²) in [7, 11) is -3.99. The van der Waals surface area contributed by atoms with Gasteiger partial charge in [0.25, 0.3) is 10.0 Å². The summed E-state index contributed by atoms with van der Waals surface area (Å²) in [4.78, 5) is 3.63. The third-order valence-electron chi connectivity index (χ3n) is 2.56. The Morgan fingerprint density at radius 1 is 1.30 bits per heavy atom. The lowest BCUT2D eigenvalue weighted by molar-refractivity contribution is 0.598. The summed E-state index contributed by atoms with van der Waals surface area (Å²) < 4.78 is 40.3. The van der Waals surface area contributed by atoms with E-state index in [1.165, 1.54) is 30.5 Å². The third-order valence-corrected chi connectivity index (χ3v) is 3.96. The number of hydrogen-bond donors (Lipinski definition) is 3. The van der Waals surface area contributed by atoms with Crippen LogP contribution in [0.1, 0.15) is 5.56 Å². The lowest BCUT2D eigenvalue weighted by Crippen LogP contribution is -2.19. The van der Waals surface area contributed by atoms with Crippen molar-refractivity contribution in [2.24, 2.45) is 5.84 Å². The summed E-state index contributed by atoms with van der Waals surface area (Å²) in [6.07, 6.45) is 1.39. The molecular weight excluding hydrogens is 283 g/mol. The van der Waals surface area contributed by atoms with Crippen molar-refractivity contribution in [3.63, 3.8) is 0 Å². The molecule has 0 bridgehead atoms. The summed E-state index contributed by atoms with van der Waals surface area (Å²) in [6, 6.07) is 6.90. The smallest absolute Gasteiger partial charge is 0.265 e. The summed E-state index contributed by atoms with van der Waals surface area (Å²) in [5.41, 5.74) is 2.79. The van der Waals surface area contributed by atoms with E-state index < -0.39 is 15.8 Å². The summed E-state index contributed by atoms with van der Waals surface area (Å²) >= 11 is 0. The Hall–Kier alpha value is -2.19. The second-order valence-electron chi connectivity index (χ2n) is 4.08. The van der Waals surface area contributed by atoms with E-state index in [1.54, 1.807) is 13.0 Å². The summed E-state index contributed by atoms with van der Waals surface area (Å²) in [6.45, 7) is 1.73. The fourth-order valence-corrected chi connectivity index (χ4v) is 2.81. The molecule has 0 radical (unpaired) electrons. The number of benzene rings is 1. The summed E-state index contributed by atoms with van der Waals surface area (Å²) in [5, 5.41) is 0. The van der Waals surface area contributed by atoms with E-state index in [-0.39, 0.29) is 16.4 Å². The monoisotopic (exact) mass is 296 g/mol. The van der Waals surface area contributed by atoms with E-state index >= 15 is 0 Å². The molecule has 4 N–H and O–H groups in total. The van der Waals surface area contributed by atoms with Crippen LogP contribution in [0.5, 0.6) is 0 Å². The Labute approximate surface area is 115 Å². The fourth-order valence-electron chi connectivity index (χ4n) is 1.63. The first-order valence-electron chi connectivity index (χ1n) is 5.64. The molecular formula is C12H13FN4O2S. The van der Waals surface area contributed by atoms with Crippen LogP contribution in [0.4, 0.5) is 15.9 Å². The van der Waals surface area contributed by atoms with E-state index in [2.05, 4.69) is 15.1 Å². The molecule has 0 unspecified atom stereocenters. The molecule has 2 aromatic rings. The Morgan fingerprint density at radius 3 is 2.75 bits per heavy atom. The predicted octanol–water partition coefficient (Wildman–Crippen LogP) is 1.62. The average Bonchev–Trinajstić information content (AvgIpc) is 2.42. The molecule has 1 aromatic carbocycles. The van der Waals surface area contributed by atoms with Gasteiger partial charge in [-0.1, -0.05) is 6.07 Å². The minimum absolute atomic E-state index is 0.0203. The van der Waals surface area contributed by atoms with E-state index in [9.17, 15) is 12.8 Å². The van der Waals surface area contributed by atoms with Gasteiger partial charge in [0, 0.05) is 6.20 Å². The van der Waals surface area contributed by atoms with Crippen molar-refractivity contribution in [2.45, 2.75) is 11.8 Å². The number of nitrogen functional groups attached to an aromatic ring is 1. The number of sulfonamides is 1. The second kappa shape index (κ2) is 5.43. The number of pyridine rings is 1. The standard InChI is InChI=1S/C12H13FN4O2S/c1-8-4-5-9(13)10(7-8)17-20(18,19)11-3-2-6-15-12(11)16-14/h2-7,17H,14H2,1H3,(H,15,16). The van der Waals surface area contributed by atoms with Crippen LogP contribution in [0.2, 0.25) is 0 Å². The predicted molar refractivity (Wildman–Crippen MR) is 74.0 cm³/mol. The highest BCUT2D eigenvalue weighted by Crippen LogP contribution is 2.23. The highest BCUT2D eigenvalue weighted by atomic mass is 32.2. The van der Waals surface area contributed by atoms with Gasteiger partial charge in [0.2, 0.25) is 0 Å². The van der Waals surface area contributed by atoms with E-state index in [1.807, 2.05) is 0 Å². The van der Waals surface area contributed by atoms with E-state index in [4.69, 9.17) is 5.84 Å². The number of halogens is 1. The highest BCUT2D eigenvalue weighted by Gasteiger charge is 2.20. The molecule has 0 spiro atoms. The van der Waals surface area contributed by atoms with Crippen LogP contribution in [-0.4, -0.2) is 13.4 Å². The highest BCUT2D eigenvalue weighted by molar-refractivity contribution is 7.92. The number of nitrogens with two attached hydrogens (primary N) is 1. The number of rotatable bonds is 4. The van der Waals surface area contributed by atoms with Gasteiger partial charge >= 0.3 is 0 Å². The summed E-state index contributed by atoms with van der Waals surface area (Å²) in [5.74, 6) is 4.53. The molecule has 1 aromatic heterocycles. The Balaban J connectivity index is 2.43. The minimum Gasteiger partial charge on any atom is -0.307 e. The van der Waals surface area contributed by atoms with Gasteiger partial charge in [-0.3, -0.25) is 4.72 Å². The molecule has 0 aliphatic carbocycles. The first kappa shape index (κ1) is 14.2. The van der Waals surface area contributed by atoms with E-state index in [0.29, 0.717) is 0 Å². The van der Waals surface area contributed by atoms with Gasteiger partial charge in [-0.25, -0.2) is 23.6 Å². The molecule has 0 fully saturated rings. The molecule has 0 atom stereocenters. The number of hydrazine groups is 1. The van der Waals surface area contributed by atoms with Crippen LogP contribution >= 0.6 is 0 Å². The van der Waals surface area contributed by atoms with Crippen molar-refractivity contribution in [1.29, 1.82) is 0 Å². The van der Waals surface area contributed by atoms with Crippen molar-refractivity contribution < 1.29 is 12.8 Å². The maximum atomic E-state index is 13.6. The number of nitrogens with zero attached hydrogens (tertiary/aromatic N) is 1. The number of aryl methyl sites for hydroxylation is 1. The molecule has 0 aliphatic heterocycles. The second-order valence-corrected chi connectivity index (χ2v) is 5.73. The quantitative estimate of drug-likeness (QED) is 0.588. The third kappa shape index (κ3) is 2.86. The number of aromatic nitrogens is 1. The SMILES string of the molecule is Cc1ccc(F)c(NS(=O)(=O)c2cccnc2NN)c1. The van der Waals surface area contributed by atoms with Crippen molar-refractivity contribution in [3.05, 3.63) is 47.9 Å². The minimum atomic E-state index is -3.99. The first-order valence-corrected chi connectivity index (χ1v) is 7.13. The van der Waals surface area contributed by atoms with Gasteiger partial charge in [-0.2, -0.15) is 0 Å². The van der Waals surface area contributed by atoms with Crippen LogP contribution < -0.4 is 16.0 Å². The van der Waals surface area contributed by atoms with Crippen LogP contribution in [0, 0.1) is 12.7 Å². The number of anilines is 2. The number of nitrogens with one attached hydrogen (secondary N) is 2. The number of hydrogen-bond acceptors (Lipinski definition) is 5. The van der Waals surface area contributed by atoms with Crippen LogP contribution in [-0.2, 0) is 10.0 Å².